The van der Waals surface area contributed by atoms with E-state index in [2.05, 4.69) is 49.5 Å². The molecule has 1 heterocycles. The quantitative estimate of drug-likeness (QED) is 0.725. The van der Waals surface area contributed by atoms with Crippen LogP contribution in [-0.4, -0.2) is 12.6 Å². The molecule has 0 amide bonds. The first-order chi connectivity index (χ1) is 7.24. The molecule has 1 aliphatic rings. The Bertz CT molecular complexity index is 348. The van der Waals surface area contributed by atoms with E-state index in [4.69, 9.17) is 0 Å². The second-order valence-corrected chi connectivity index (χ2v) is 4.51. The fourth-order valence-corrected chi connectivity index (χ4v) is 2.05. The van der Waals surface area contributed by atoms with Gasteiger partial charge in [-0.2, -0.15) is 0 Å². The van der Waals surface area contributed by atoms with E-state index in [1.807, 2.05) is 0 Å². The number of nitrogens with one attached hydrogen (secondary N) is 1. The standard InChI is InChI=1S/C14H19N/c1-11-3-5-13(6-4-11)10-14-9-12(2)7-8-15-14/h3-6,9,14-15H,7-8,10H2,1-2H3. The molecular formula is C14H19N. The molecular weight excluding hydrogens is 182 g/mol. The second kappa shape index (κ2) is 4.63. The minimum atomic E-state index is 0.529. The fourth-order valence-electron chi connectivity index (χ4n) is 2.05. The van der Waals surface area contributed by atoms with E-state index >= 15 is 0 Å². The third-order valence-electron chi connectivity index (χ3n) is 2.99. The Labute approximate surface area is 92.2 Å². The Kier molecular flexibility index (Phi) is 3.22. The predicted molar refractivity (Wildman–Crippen MR) is 65.0 cm³/mol. The molecule has 1 aromatic carbocycles. The summed E-state index contributed by atoms with van der Waals surface area (Å²) in [6, 6.07) is 9.37. The maximum Gasteiger partial charge on any atom is 0.0293 e. The first kappa shape index (κ1) is 10.4. The summed E-state index contributed by atoms with van der Waals surface area (Å²) in [5, 5.41) is 3.54. The van der Waals surface area contributed by atoms with Crippen LogP contribution in [-0.2, 0) is 6.42 Å². The van der Waals surface area contributed by atoms with E-state index in [0.29, 0.717) is 6.04 Å². The zero-order valence-corrected chi connectivity index (χ0v) is 9.59. The summed E-state index contributed by atoms with van der Waals surface area (Å²) in [6.07, 6.45) is 4.67. The third-order valence-corrected chi connectivity index (χ3v) is 2.99. The van der Waals surface area contributed by atoms with Gasteiger partial charge in [0.1, 0.15) is 0 Å². The first-order valence-corrected chi connectivity index (χ1v) is 5.70. The first-order valence-electron chi connectivity index (χ1n) is 5.70. The molecule has 1 aromatic rings. The van der Waals surface area contributed by atoms with Gasteiger partial charge in [0.05, 0.1) is 0 Å². The lowest BCUT2D eigenvalue weighted by Gasteiger charge is -2.21. The minimum Gasteiger partial charge on any atom is -0.310 e. The van der Waals surface area contributed by atoms with Crippen LogP contribution in [0, 0.1) is 6.92 Å². The van der Waals surface area contributed by atoms with Crippen LogP contribution in [0.1, 0.15) is 24.5 Å². The SMILES string of the molecule is CC1=CC(Cc2ccc(C)cc2)NCC1. The maximum atomic E-state index is 3.54. The van der Waals surface area contributed by atoms with Crippen LogP contribution in [0.2, 0.25) is 0 Å². The van der Waals surface area contributed by atoms with Gasteiger partial charge in [-0.1, -0.05) is 41.5 Å². The lowest BCUT2D eigenvalue weighted by Crippen LogP contribution is -2.33. The lowest BCUT2D eigenvalue weighted by atomic mass is 9.99. The predicted octanol–water partition coefficient (Wildman–Crippen LogP) is 2.85. The Hall–Kier alpha value is -1.08. The van der Waals surface area contributed by atoms with Crippen molar-refractivity contribution in [3.05, 3.63) is 47.0 Å². The Balaban J connectivity index is 2.02. The van der Waals surface area contributed by atoms with Gasteiger partial charge in [-0.3, -0.25) is 0 Å². The van der Waals surface area contributed by atoms with Crippen molar-refractivity contribution in [3.8, 4) is 0 Å². The van der Waals surface area contributed by atoms with E-state index in [-0.39, 0.29) is 0 Å². The highest BCUT2D eigenvalue weighted by Gasteiger charge is 2.10. The van der Waals surface area contributed by atoms with Crippen molar-refractivity contribution < 1.29 is 0 Å². The molecule has 15 heavy (non-hydrogen) atoms. The van der Waals surface area contributed by atoms with Crippen molar-refractivity contribution in [1.82, 2.24) is 5.32 Å². The lowest BCUT2D eigenvalue weighted by molar-refractivity contribution is 0.560. The molecule has 80 valence electrons. The van der Waals surface area contributed by atoms with Gasteiger partial charge >= 0.3 is 0 Å². The van der Waals surface area contributed by atoms with Crippen molar-refractivity contribution in [2.75, 3.05) is 6.54 Å². The molecule has 1 N–H and O–H groups in total. The van der Waals surface area contributed by atoms with Crippen LogP contribution in [0.4, 0.5) is 0 Å². The van der Waals surface area contributed by atoms with Gasteiger partial charge < -0.3 is 5.32 Å². The minimum absolute atomic E-state index is 0.529. The second-order valence-electron chi connectivity index (χ2n) is 4.51. The zero-order chi connectivity index (χ0) is 10.7. The van der Waals surface area contributed by atoms with Gasteiger partial charge in [0.25, 0.3) is 0 Å². The molecule has 0 spiro atoms. The third kappa shape index (κ3) is 2.93. The number of hydrogen-bond acceptors (Lipinski definition) is 1. The molecule has 0 bridgehead atoms. The topological polar surface area (TPSA) is 12.0 Å². The van der Waals surface area contributed by atoms with E-state index < -0.39 is 0 Å². The Morgan fingerprint density at radius 1 is 1.20 bits per heavy atom. The largest absolute Gasteiger partial charge is 0.310 e. The summed E-state index contributed by atoms with van der Waals surface area (Å²) in [7, 11) is 0. The summed E-state index contributed by atoms with van der Waals surface area (Å²) < 4.78 is 0. The number of aryl methyl sites for hydroxylation is 1. The monoisotopic (exact) mass is 201 g/mol. The molecule has 1 aliphatic heterocycles. The van der Waals surface area contributed by atoms with E-state index in [1.165, 1.54) is 23.1 Å². The summed E-state index contributed by atoms with van der Waals surface area (Å²) in [4.78, 5) is 0. The summed E-state index contributed by atoms with van der Waals surface area (Å²) in [5.41, 5.74) is 4.27. The van der Waals surface area contributed by atoms with Crippen LogP contribution < -0.4 is 5.32 Å². The van der Waals surface area contributed by atoms with Gasteiger partial charge in [-0.25, -0.2) is 0 Å². The molecule has 1 atom stereocenters. The molecule has 0 radical (unpaired) electrons. The van der Waals surface area contributed by atoms with E-state index in [1.54, 1.807) is 0 Å². The highest BCUT2D eigenvalue weighted by atomic mass is 14.9. The average molecular weight is 201 g/mol. The average Bonchev–Trinajstić information content (AvgIpc) is 2.22. The molecule has 1 unspecified atom stereocenters. The molecule has 1 heteroatoms. The molecule has 2 rings (SSSR count). The van der Waals surface area contributed by atoms with Crippen LogP contribution in [0.15, 0.2) is 35.9 Å². The van der Waals surface area contributed by atoms with Crippen molar-refractivity contribution in [2.24, 2.45) is 0 Å². The Morgan fingerprint density at radius 3 is 2.60 bits per heavy atom. The van der Waals surface area contributed by atoms with Gasteiger partial charge in [0.2, 0.25) is 0 Å². The molecule has 1 nitrogen and oxygen atoms in total. The van der Waals surface area contributed by atoms with Crippen molar-refractivity contribution in [3.63, 3.8) is 0 Å². The van der Waals surface area contributed by atoms with Gasteiger partial charge in [-0.15, -0.1) is 0 Å². The molecule has 0 aromatic heterocycles. The molecule has 0 fully saturated rings. The number of hydrogen-bond donors (Lipinski definition) is 1. The van der Waals surface area contributed by atoms with Crippen molar-refractivity contribution in [2.45, 2.75) is 32.7 Å². The molecule has 0 saturated heterocycles. The van der Waals surface area contributed by atoms with Crippen LogP contribution in [0.25, 0.3) is 0 Å². The van der Waals surface area contributed by atoms with Crippen LogP contribution in [0.3, 0.4) is 0 Å². The van der Waals surface area contributed by atoms with Gasteiger partial charge in [-0.05, 0) is 38.8 Å². The van der Waals surface area contributed by atoms with Crippen molar-refractivity contribution >= 4 is 0 Å². The number of benzene rings is 1. The van der Waals surface area contributed by atoms with Crippen LogP contribution in [0.5, 0.6) is 0 Å². The molecule has 0 aliphatic carbocycles. The summed E-state index contributed by atoms with van der Waals surface area (Å²) in [5.74, 6) is 0. The summed E-state index contributed by atoms with van der Waals surface area (Å²) >= 11 is 0. The molecule has 0 saturated carbocycles. The number of rotatable bonds is 2. The van der Waals surface area contributed by atoms with E-state index in [0.717, 1.165) is 13.0 Å². The van der Waals surface area contributed by atoms with Crippen LogP contribution >= 0.6 is 0 Å². The highest BCUT2D eigenvalue weighted by molar-refractivity contribution is 5.23. The Morgan fingerprint density at radius 2 is 1.93 bits per heavy atom. The fraction of sp³-hybridized carbons (Fsp3) is 0.429. The normalized spacial score (nSPS) is 21.2. The van der Waals surface area contributed by atoms with Gasteiger partial charge in [0, 0.05) is 6.04 Å². The maximum absolute atomic E-state index is 3.54. The summed E-state index contributed by atoms with van der Waals surface area (Å²) in [6.45, 7) is 5.48. The zero-order valence-electron chi connectivity index (χ0n) is 9.59. The van der Waals surface area contributed by atoms with E-state index in [9.17, 15) is 0 Å². The highest BCUT2D eigenvalue weighted by Crippen LogP contribution is 2.12. The smallest absolute Gasteiger partial charge is 0.0293 e. The van der Waals surface area contributed by atoms with Gasteiger partial charge in [0.15, 0.2) is 0 Å². The van der Waals surface area contributed by atoms with Crippen molar-refractivity contribution in [1.29, 1.82) is 0 Å².